The van der Waals surface area contributed by atoms with Gasteiger partial charge in [-0.3, -0.25) is 9.58 Å². The predicted octanol–water partition coefficient (Wildman–Crippen LogP) is 2.43. The van der Waals surface area contributed by atoms with Gasteiger partial charge in [-0.15, -0.1) is 0 Å². The molecule has 1 fully saturated rings. The maximum atomic E-state index is 4.66. The van der Waals surface area contributed by atoms with Crippen LogP contribution in [-0.4, -0.2) is 40.4 Å². The third-order valence-electron chi connectivity index (χ3n) is 3.78. The second-order valence-electron chi connectivity index (χ2n) is 5.91. The SMILES string of the molecule is CCCC1CN(Cc2ccn(C(C)C)n2)CCCN1. The van der Waals surface area contributed by atoms with Gasteiger partial charge in [-0.05, 0) is 45.8 Å². The Morgan fingerprint density at radius 3 is 3.00 bits per heavy atom. The third kappa shape index (κ3) is 4.32. The second-order valence-corrected chi connectivity index (χ2v) is 5.91. The Morgan fingerprint density at radius 2 is 2.32 bits per heavy atom. The Labute approximate surface area is 117 Å². The number of nitrogens with one attached hydrogen (secondary N) is 1. The Bertz CT molecular complexity index is 372. The Kier molecular flexibility index (Phi) is 5.40. The third-order valence-corrected chi connectivity index (χ3v) is 3.78. The highest BCUT2D eigenvalue weighted by Gasteiger charge is 2.17. The van der Waals surface area contributed by atoms with E-state index in [9.17, 15) is 0 Å². The molecule has 2 heterocycles. The fraction of sp³-hybridized carbons (Fsp3) is 0.800. The van der Waals surface area contributed by atoms with Crippen molar-refractivity contribution in [2.75, 3.05) is 19.6 Å². The Hall–Kier alpha value is -0.870. The van der Waals surface area contributed by atoms with E-state index in [0.717, 1.165) is 19.6 Å². The van der Waals surface area contributed by atoms with Crippen LogP contribution >= 0.6 is 0 Å². The standard InChI is InChI=1S/C15H28N4/c1-4-6-14-11-18(9-5-8-16-14)12-15-7-10-19(17-15)13(2)3/h7,10,13-14,16H,4-6,8-9,11-12H2,1-3H3. The van der Waals surface area contributed by atoms with Gasteiger partial charge in [0.1, 0.15) is 0 Å². The largest absolute Gasteiger partial charge is 0.313 e. The van der Waals surface area contributed by atoms with Crippen molar-refractivity contribution < 1.29 is 0 Å². The van der Waals surface area contributed by atoms with E-state index in [1.54, 1.807) is 0 Å². The zero-order chi connectivity index (χ0) is 13.7. The van der Waals surface area contributed by atoms with Crippen LogP contribution < -0.4 is 5.32 Å². The maximum absolute atomic E-state index is 4.66. The molecule has 108 valence electrons. The maximum Gasteiger partial charge on any atom is 0.0764 e. The highest BCUT2D eigenvalue weighted by Crippen LogP contribution is 2.11. The summed E-state index contributed by atoms with van der Waals surface area (Å²) < 4.78 is 2.05. The van der Waals surface area contributed by atoms with Crippen molar-refractivity contribution >= 4 is 0 Å². The lowest BCUT2D eigenvalue weighted by atomic mass is 10.1. The average Bonchev–Trinajstić information content (AvgIpc) is 2.72. The fourth-order valence-corrected chi connectivity index (χ4v) is 2.74. The van der Waals surface area contributed by atoms with Gasteiger partial charge < -0.3 is 5.32 Å². The highest BCUT2D eigenvalue weighted by atomic mass is 15.3. The first-order chi connectivity index (χ1) is 9.19. The molecule has 4 heteroatoms. The molecule has 0 spiro atoms. The zero-order valence-corrected chi connectivity index (χ0v) is 12.6. The number of nitrogens with zero attached hydrogens (tertiary/aromatic N) is 3. The van der Waals surface area contributed by atoms with Gasteiger partial charge >= 0.3 is 0 Å². The molecule has 0 saturated carbocycles. The van der Waals surface area contributed by atoms with Gasteiger partial charge in [0, 0.05) is 31.4 Å². The molecule has 1 saturated heterocycles. The molecule has 19 heavy (non-hydrogen) atoms. The highest BCUT2D eigenvalue weighted by molar-refractivity contribution is 5.00. The minimum absolute atomic E-state index is 0.451. The van der Waals surface area contributed by atoms with Crippen molar-refractivity contribution in [3.05, 3.63) is 18.0 Å². The summed E-state index contributed by atoms with van der Waals surface area (Å²) in [5.74, 6) is 0. The number of hydrogen-bond donors (Lipinski definition) is 1. The van der Waals surface area contributed by atoms with Crippen LogP contribution in [0.3, 0.4) is 0 Å². The van der Waals surface area contributed by atoms with Gasteiger partial charge in [-0.2, -0.15) is 5.10 Å². The molecule has 1 atom stereocenters. The van der Waals surface area contributed by atoms with Crippen LogP contribution in [0.15, 0.2) is 12.3 Å². The normalized spacial score (nSPS) is 21.8. The molecule has 1 unspecified atom stereocenters. The summed E-state index contributed by atoms with van der Waals surface area (Å²) >= 11 is 0. The molecule has 0 aliphatic carbocycles. The first-order valence-electron chi connectivity index (χ1n) is 7.68. The van der Waals surface area contributed by atoms with Gasteiger partial charge in [0.05, 0.1) is 5.69 Å². The van der Waals surface area contributed by atoms with E-state index in [-0.39, 0.29) is 0 Å². The number of aromatic nitrogens is 2. The van der Waals surface area contributed by atoms with Crippen LogP contribution in [0.4, 0.5) is 0 Å². The Morgan fingerprint density at radius 1 is 1.47 bits per heavy atom. The predicted molar refractivity (Wildman–Crippen MR) is 79.2 cm³/mol. The summed E-state index contributed by atoms with van der Waals surface area (Å²) in [7, 11) is 0. The first kappa shape index (κ1) is 14.5. The molecule has 0 aromatic carbocycles. The van der Waals surface area contributed by atoms with E-state index in [1.165, 1.54) is 31.5 Å². The van der Waals surface area contributed by atoms with E-state index >= 15 is 0 Å². The molecule has 0 bridgehead atoms. The zero-order valence-electron chi connectivity index (χ0n) is 12.6. The van der Waals surface area contributed by atoms with Gasteiger partial charge in [0.15, 0.2) is 0 Å². The van der Waals surface area contributed by atoms with Crippen LogP contribution in [0.2, 0.25) is 0 Å². The van der Waals surface area contributed by atoms with Crippen LogP contribution in [0.5, 0.6) is 0 Å². The average molecular weight is 264 g/mol. The molecule has 1 aliphatic heterocycles. The van der Waals surface area contributed by atoms with Gasteiger partial charge in [-0.25, -0.2) is 0 Å². The van der Waals surface area contributed by atoms with E-state index in [0.29, 0.717) is 12.1 Å². The molecule has 0 amide bonds. The van der Waals surface area contributed by atoms with Gasteiger partial charge in [0.2, 0.25) is 0 Å². The van der Waals surface area contributed by atoms with E-state index < -0.39 is 0 Å². The summed E-state index contributed by atoms with van der Waals surface area (Å²) in [6, 6.07) is 3.26. The summed E-state index contributed by atoms with van der Waals surface area (Å²) in [4.78, 5) is 2.55. The molecule has 4 nitrogen and oxygen atoms in total. The fourth-order valence-electron chi connectivity index (χ4n) is 2.74. The number of rotatable bonds is 5. The van der Waals surface area contributed by atoms with Crippen molar-refractivity contribution in [3.8, 4) is 0 Å². The lowest BCUT2D eigenvalue weighted by molar-refractivity contribution is 0.251. The van der Waals surface area contributed by atoms with Gasteiger partial charge in [-0.1, -0.05) is 13.3 Å². The molecular weight excluding hydrogens is 236 g/mol. The van der Waals surface area contributed by atoms with E-state index in [4.69, 9.17) is 0 Å². The van der Waals surface area contributed by atoms with Gasteiger partial charge in [0.25, 0.3) is 0 Å². The van der Waals surface area contributed by atoms with Crippen molar-refractivity contribution in [3.63, 3.8) is 0 Å². The summed E-state index contributed by atoms with van der Waals surface area (Å²) in [5.41, 5.74) is 1.20. The van der Waals surface area contributed by atoms with Crippen molar-refractivity contribution in [1.29, 1.82) is 0 Å². The summed E-state index contributed by atoms with van der Waals surface area (Å²) in [6.07, 6.45) is 5.87. The minimum atomic E-state index is 0.451. The Balaban J connectivity index is 1.92. The van der Waals surface area contributed by atoms with Crippen molar-refractivity contribution in [1.82, 2.24) is 20.0 Å². The number of hydrogen-bond acceptors (Lipinski definition) is 3. The van der Waals surface area contributed by atoms with Crippen LogP contribution in [-0.2, 0) is 6.54 Å². The topological polar surface area (TPSA) is 33.1 Å². The van der Waals surface area contributed by atoms with E-state index in [1.807, 2.05) is 0 Å². The lowest BCUT2D eigenvalue weighted by Crippen LogP contribution is -2.37. The van der Waals surface area contributed by atoms with Crippen molar-refractivity contribution in [2.24, 2.45) is 0 Å². The lowest BCUT2D eigenvalue weighted by Gasteiger charge is -2.23. The molecule has 1 aromatic rings. The first-order valence-corrected chi connectivity index (χ1v) is 7.68. The van der Waals surface area contributed by atoms with E-state index in [2.05, 4.69) is 53.0 Å². The summed E-state index contributed by atoms with van der Waals surface area (Å²) in [5, 5.41) is 8.31. The minimum Gasteiger partial charge on any atom is -0.313 e. The summed E-state index contributed by atoms with van der Waals surface area (Å²) in [6.45, 7) is 11.1. The van der Waals surface area contributed by atoms with Crippen LogP contribution in [0.25, 0.3) is 0 Å². The van der Waals surface area contributed by atoms with Crippen molar-refractivity contribution in [2.45, 2.75) is 58.7 Å². The van der Waals surface area contributed by atoms with Crippen LogP contribution in [0, 0.1) is 0 Å². The molecule has 1 aliphatic rings. The molecule has 0 radical (unpaired) electrons. The molecule has 1 aromatic heterocycles. The molecule has 1 N–H and O–H groups in total. The second kappa shape index (κ2) is 7.06. The monoisotopic (exact) mass is 264 g/mol. The molecule has 2 rings (SSSR count). The quantitative estimate of drug-likeness (QED) is 0.886. The van der Waals surface area contributed by atoms with Crippen LogP contribution in [0.1, 0.15) is 51.8 Å². The molecular formula is C15H28N4. The smallest absolute Gasteiger partial charge is 0.0764 e.